The Morgan fingerprint density at radius 3 is 2.74 bits per heavy atom. The predicted octanol–water partition coefficient (Wildman–Crippen LogP) is 3.39. The molecule has 0 aliphatic carbocycles. The third-order valence-corrected chi connectivity index (χ3v) is 4.97. The van der Waals surface area contributed by atoms with Crippen LogP contribution in [-0.2, 0) is 11.2 Å². The Labute approximate surface area is 136 Å². The number of rotatable bonds is 2. The van der Waals surface area contributed by atoms with E-state index < -0.39 is 0 Å². The number of amides is 1. The first kappa shape index (κ1) is 14.4. The minimum Gasteiger partial charge on any atom is -0.332 e. The second kappa shape index (κ2) is 5.44. The Kier molecular flexibility index (Phi) is 3.40. The van der Waals surface area contributed by atoms with Gasteiger partial charge in [0.15, 0.2) is 5.82 Å². The average Bonchev–Trinajstić information content (AvgIpc) is 2.89. The van der Waals surface area contributed by atoms with Gasteiger partial charge in [0, 0.05) is 35.7 Å². The standard InChI is InChI=1S/C19H21N3O/c1-12(2)19(23)22-14-8-9-17(22)15-11-20-18(21-16(15)10-14)13-6-4-3-5-7-13/h3-7,11-12,14,17H,8-10H2,1-2H3/t14-,17+/m0/s1. The fourth-order valence-corrected chi connectivity index (χ4v) is 3.84. The molecule has 2 bridgehead atoms. The van der Waals surface area contributed by atoms with E-state index in [1.165, 1.54) is 0 Å². The first-order chi connectivity index (χ1) is 11.1. The van der Waals surface area contributed by atoms with Crippen LogP contribution in [0.3, 0.4) is 0 Å². The third-order valence-electron chi connectivity index (χ3n) is 4.97. The smallest absolute Gasteiger partial charge is 0.225 e. The van der Waals surface area contributed by atoms with Crippen LogP contribution in [0.4, 0.5) is 0 Å². The van der Waals surface area contributed by atoms with E-state index in [9.17, 15) is 4.79 Å². The number of aromatic nitrogens is 2. The SMILES string of the molecule is CC(C)C(=O)N1[C@H]2CC[C@@H]1c1cnc(-c3ccccc3)nc1C2. The minimum atomic E-state index is 0.0455. The van der Waals surface area contributed by atoms with Crippen molar-refractivity contribution in [2.45, 2.75) is 45.2 Å². The summed E-state index contributed by atoms with van der Waals surface area (Å²) in [4.78, 5) is 24.0. The van der Waals surface area contributed by atoms with Gasteiger partial charge < -0.3 is 4.90 Å². The lowest BCUT2D eigenvalue weighted by Crippen LogP contribution is -2.44. The highest BCUT2D eigenvalue weighted by Gasteiger charge is 2.43. The Hall–Kier alpha value is -2.23. The van der Waals surface area contributed by atoms with Crippen molar-refractivity contribution in [3.8, 4) is 11.4 Å². The molecule has 0 N–H and O–H groups in total. The number of nitrogens with zero attached hydrogens (tertiary/aromatic N) is 3. The molecule has 23 heavy (non-hydrogen) atoms. The van der Waals surface area contributed by atoms with E-state index in [-0.39, 0.29) is 17.9 Å². The van der Waals surface area contributed by atoms with Crippen LogP contribution >= 0.6 is 0 Å². The van der Waals surface area contributed by atoms with Crippen LogP contribution in [0.15, 0.2) is 36.5 Å². The van der Waals surface area contributed by atoms with Gasteiger partial charge in [0.1, 0.15) is 0 Å². The molecule has 4 heteroatoms. The maximum Gasteiger partial charge on any atom is 0.225 e. The molecular weight excluding hydrogens is 286 g/mol. The molecule has 2 aromatic rings. The summed E-state index contributed by atoms with van der Waals surface area (Å²) in [6.07, 6.45) is 4.90. The zero-order valence-corrected chi connectivity index (χ0v) is 13.6. The highest BCUT2D eigenvalue weighted by atomic mass is 16.2. The Morgan fingerprint density at radius 2 is 2.00 bits per heavy atom. The molecule has 1 aromatic carbocycles. The number of carbonyl (C=O) groups excluding carboxylic acids is 1. The van der Waals surface area contributed by atoms with Crippen molar-refractivity contribution in [1.29, 1.82) is 0 Å². The molecule has 1 fully saturated rings. The van der Waals surface area contributed by atoms with E-state index >= 15 is 0 Å². The average molecular weight is 307 g/mol. The van der Waals surface area contributed by atoms with Gasteiger partial charge in [0.25, 0.3) is 0 Å². The molecule has 2 aliphatic heterocycles. The van der Waals surface area contributed by atoms with Crippen LogP contribution in [0.2, 0.25) is 0 Å². The topological polar surface area (TPSA) is 46.1 Å². The van der Waals surface area contributed by atoms with E-state index in [0.29, 0.717) is 6.04 Å². The van der Waals surface area contributed by atoms with Crippen molar-refractivity contribution in [3.05, 3.63) is 47.8 Å². The molecule has 0 spiro atoms. The minimum absolute atomic E-state index is 0.0455. The zero-order chi connectivity index (χ0) is 16.0. The van der Waals surface area contributed by atoms with Crippen molar-refractivity contribution < 1.29 is 4.79 Å². The van der Waals surface area contributed by atoms with Crippen LogP contribution in [0.5, 0.6) is 0 Å². The molecule has 0 radical (unpaired) electrons. The van der Waals surface area contributed by atoms with Gasteiger partial charge >= 0.3 is 0 Å². The quantitative estimate of drug-likeness (QED) is 0.854. The molecule has 3 heterocycles. The summed E-state index contributed by atoms with van der Waals surface area (Å²) in [5, 5.41) is 0. The highest BCUT2D eigenvalue weighted by Crippen LogP contribution is 2.43. The van der Waals surface area contributed by atoms with Gasteiger partial charge in [-0.25, -0.2) is 9.97 Å². The van der Waals surface area contributed by atoms with Gasteiger partial charge in [-0.2, -0.15) is 0 Å². The summed E-state index contributed by atoms with van der Waals surface area (Å²) in [6.45, 7) is 3.96. The first-order valence-electron chi connectivity index (χ1n) is 8.38. The van der Waals surface area contributed by atoms with Gasteiger partial charge in [-0.05, 0) is 12.8 Å². The summed E-state index contributed by atoms with van der Waals surface area (Å²) >= 11 is 0. The maximum absolute atomic E-state index is 12.5. The van der Waals surface area contributed by atoms with Gasteiger partial charge in [-0.3, -0.25) is 4.79 Å². The first-order valence-corrected chi connectivity index (χ1v) is 8.38. The van der Waals surface area contributed by atoms with Crippen LogP contribution in [-0.4, -0.2) is 26.8 Å². The van der Waals surface area contributed by atoms with Crippen molar-refractivity contribution >= 4 is 5.91 Å². The molecule has 4 nitrogen and oxygen atoms in total. The summed E-state index contributed by atoms with van der Waals surface area (Å²) in [7, 11) is 0. The van der Waals surface area contributed by atoms with Crippen molar-refractivity contribution in [3.63, 3.8) is 0 Å². The fourth-order valence-electron chi connectivity index (χ4n) is 3.84. The van der Waals surface area contributed by atoms with Gasteiger partial charge in [0.2, 0.25) is 5.91 Å². The van der Waals surface area contributed by atoms with E-state index in [4.69, 9.17) is 4.98 Å². The monoisotopic (exact) mass is 307 g/mol. The second-order valence-corrected chi connectivity index (χ2v) is 6.81. The largest absolute Gasteiger partial charge is 0.332 e. The Morgan fingerprint density at radius 1 is 1.22 bits per heavy atom. The van der Waals surface area contributed by atoms with Gasteiger partial charge in [-0.1, -0.05) is 44.2 Å². The summed E-state index contributed by atoms with van der Waals surface area (Å²) in [5.41, 5.74) is 3.31. The highest BCUT2D eigenvalue weighted by molar-refractivity contribution is 5.79. The lowest BCUT2D eigenvalue weighted by molar-refractivity contribution is -0.138. The van der Waals surface area contributed by atoms with Crippen molar-refractivity contribution in [2.75, 3.05) is 0 Å². The van der Waals surface area contributed by atoms with Gasteiger partial charge in [-0.15, -0.1) is 0 Å². The van der Waals surface area contributed by atoms with E-state index in [1.807, 2.05) is 50.4 Å². The fraction of sp³-hybridized carbons (Fsp3) is 0.421. The number of hydrogen-bond donors (Lipinski definition) is 0. The molecule has 1 aromatic heterocycles. The molecule has 0 unspecified atom stereocenters. The Bertz CT molecular complexity index is 742. The molecule has 2 atom stereocenters. The van der Waals surface area contributed by atoms with Crippen LogP contribution in [0, 0.1) is 5.92 Å². The van der Waals surface area contributed by atoms with Crippen LogP contribution in [0.25, 0.3) is 11.4 Å². The lowest BCUT2D eigenvalue weighted by atomic mass is 9.97. The van der Waals surface area contributed by atoms with Gasteiger partial charge in [0.05, 0.1) is 11.7 Å². The molecule has 118 valence electrons. The summed E-state index contributed by atoms with van der Waals surface area (Å²) < 4.78 is 0. The number of fused-ring (bicyclic) bond motifs is 4. The normalized spacial score (nSPS) is 22.3. The second-order valence-electron chi connectivity index (χ2n) is 6.81. The predicted molar refractivity (Wildman–Crippen MR) is 88.6 cm³/mol. The van der Waals surface area contributed by atoms with E-state index in [1.54, 1.807) is 0 Å². The molecule has 2 aliphatic rings. The molecule has 4 rings (SSSR count). The Balaban J connectivity index is 1.71. The molecule has 1 saturated heterocycles. The maximum atomic E-state index is 12.5. The van der Waals surface area contributed by atoms with E-state index in [2.05, 4.69) is 9.88 Å². The van der Waals surface area contributed by atoms with E-state index in [0.717, 1.165) is 41.9 Å². The molecular formula is C19H21N3O. The zero-order valence-electron chi connectivity index (χ0n) is 13.6. The van der Waals surface area contributed by atoms with Crippen molar-refractivity contribution in [2.24, 2.45) is 5.92 Å². The van der Waals surface area contributed by atoms with Crippen LogP contribution in [0.1, 0.15) is 44.0 Å². The molecule has 0 saturated carbocycles. The molecule has 1 amide bonds. The number of benzene rings is 1. The number of carbonyl (C=O) groups is 1. The van der Waals surface area contributed by atoms with Crippen LogP contribution < -0.4 is 0 Å². The summed E-state index contributed by atoms with van der Waals surface area (Å²) in [6, 6.07) is 10.6. The lowest BCUT2D eigenvalue weighted by Gasteiger charge is -2.36. The summed E-state index contributed by atoms with van der Waals surface area (Å²) in [5.74, 6) is 1.09. The third kappa shape index (κ3) is 2.33. The van der Waals surface area contributed by atoms with Crippen molar-refractivity contribution in [1.82, 2.24) is 14.9 Å². The number of hydrogen-bond acceptors (Lipinski definition) is 3.